The number of amides is 1. The molecular weight excluding hydrogens is 266 g/mol. The molecule has 1 aromatic heterocycles. The van der Waals surface area contributed by atoms with E-state index in [0.29, 0.717) is 12.1 Å². The summed E-state index contributed by atoms with van der Waals surface area (Å²) in [5.41, 5.74) is 2.28. The molecule has 1 aromatic carbocycles. The lowest BCUT2D eigenvalue weighted by Crippen LogP contribution is -2.30. The number of aromatic nitrogens is 1. The molecular formula is C16H19N3O2. The van der Waals surface area contributed by atoms with Crippen molar-refractivity contribution in [2.24, 2.45) is 0 Å². The molecule has 0 saturated carbocycles. The van der Waals surface area contributed by atoms with E-state index in [0.717, 1.165) is 11.4 Å². The van der Waals surface area contributed by atoms with Crippen LogP contribution in [0.4, 0.5) is 5.69 Å². The van der Waals surface area contributed by atoms with Crippen molar-refractivity contribution in [3.8, 4) is 5.75 Å². The van der Waals surface area contributed by atoms with Crippen LogP contribution in [0.25, 0.3) is 0 Å². The van der Waals surface area contributed by atoms with Gasteiger partial charge in [-0.15, -0.1) is 0 Å². The molecule has 2 rings (SSSR count). The highest BCUT2D eigenvalue weighted by Crippen LogP contribution is 2.13. The molecule has 5 heteroatoms. The Morgan fingerprint density at radius 3 is 2.76 bits per heavy atom. The van der Waals surface area contributed by atoms with Gasteiger partial charge in [0.15, 0.2) is 0 Å². The number of pyridine rings is 1. The first-order valence-electron chi connectivity index (χ1n) is 6.83. The van der Waals surface area contributed by atoms with E-state index in [1.54, 1.807) is 24.3 Å². The number of rotatable bonds is 5. The Morgan fingerprint density at radius 1 is 1.29 bits per heavy atom. The van der Waals surface area contributed by atoms with Crippen LogP contribution >= 0.6 is 0 Å². The Kier molecular flexibility index (Phi) is 4.77. The summed E-state index contributed by atoms with van der Waals surface area (Å²) in [6.07, 6.45) is 1.41. The molecule has 0 spiro atoms. The zero-order valence-electron chi connectivity index (χ0n) is 12.1. The Morgan fingerprint density at radius 2 is 2.10 bits per heavy atom. The van der Waals surface area contributed by atoms with Crippen molar-refractivity contribution in [3.63, 3.8) is 0 Å². The molecule has 21 heavy (non-hydrogen) atoms. The Hall–Kier alpha value is -2.56. The Labute approximate surface area is 124 Å². The minimum atomic E-state index is -0.0867. The first kappa shape index (κ1) is 14.8. The monoisotopic (exact) mass is 285 g/mol. The average molecular weight is 285 g/mol. The molecule has 0 saturated heterocycles. The third kappa shape index (κ3) is 4.49. The van der Waals surface area contributed by atoms with Crippen LogP contribution in [-0.4, -0.2) is 22.0 Å². The van der Waals surface area contributed by atoms with Gasteiger partial charge in [0, 0.05) is 17.3 Å². The molecule has 5 nitrogen and oxygen atoms in total. The van der Waals surface area contributed by atoms with E-state index in [2.05, 4.69) is 15.6 Å². The summed E-state index contributed by atoms with van der Waals surface area (Å²) < 4.78 is 0. The van der Waals surface area contributed by atoms with Crippen LogP contribution in [-0.2, 0) is 6.54 Å². The zero-order valence-corrected chi connectivity index (χ0v) is 12.1. The molecule has 0 aliphatic carbocycles. The number of hydrogen-bond donors (Lipinski definition) is 3. The zero-order chi connectivity index (χ0) is 15.2. The van der Waals surface area contributed by atoms with Crippen molar-refractivity contribution in [2.45, 2.75) is 26.4 Å². The minimum Gasteiger partial charge on any atom is -0.506 e. The Balaban J connectivity index is 2.00. The number of carbonyl (C=O) groups excluding carboxylic acids is 1. The van der Waals surface area contributed by atoms with Gasteiger partial charge in [-0.25, -0.2) is 0 Å². The maximum Gasteiger partial charge on any atom is 0.251 e. The molecule has 0 radical (unpaired) electrons. The molecule has 0 aliphatic rings. The molecule has 110 valence electrons. The maximum atomic E-state index is 11.9. The lowest BCUT2D eigenvalue weighted by molar-refractivity contribution is 0.0943. The third-order valence-electron chi connectivity index (χ3n) is 2.83. The van der Waals surface area contributed by atoms with Gasteiger partial charge in [-0.2, -0.15) is 0 Å². The van der Waals surface area contributed by atoms with Crippen LogP contribution in [0.2, 0.25) is 0 Å². The lowest BCUT2D eigenvalue weighted by Gasteiger charge is -2.10. The number of carbonyl (C=O) groups is 1. The number of benzene rings is 1. The maximum absolute atomic E-state index is 11.9. The largest absolute Gasteiger partial charge is 0.506 e. The third-order valence-corrected chi connectivity index (χ3v) is 2.83. The van der Waals surface area contributed by atoms with E-state index in [1.807, 2.05) is 26.0 Å². The molecule has 0 aliphatic heterocycles. The first-order chi connectivity index (χ1) is 10.0. The van der Waals surface area contributed by atoms with Gasteiger partial charge in [-0.05, 0) is 44.2 Å². The van der Waals surface area contributed by atoms with E-state index in [1.165, 1.54) is 6.20 Å². The summed E-state index contributed by atoms with van der Waals surface area (Å²) in [5.74, 6) is 0.0579. The van der Waals surface area contributed by atoms with Crippen molar-refractivity contribution >= 4 is 11.6 Å². The summed E-state index contributed by atoms with van der Waals surface area (Å²) in [6.45, 7) is 4.38. The molecule has 2 aromatic rings. The van der Waals surface area contributed by atoms with E-state index in [-0.39, 0.29) is 17.7 Å². The highest BCUT2D eigenvalue weighted by molar-refractivity contribution is 5.95. The fraction of sp³-hybridized carbons (Fsp3) is 0.250. The van der Waals surface area contributed by atoms with Gasteiger partial charge in [0.05, 0.1) is 18.4 Å². The van der Waals surface area contributed by atoms with Crippen molar-refractivity contribution < 1.29 is 9.90 Å². The second-order valence-electron chi connectivity index (χ2n) is 5.07. The van der Waals surface area contributed by atoms with Crippen molar-refractivity contribution in [1.29, 1.82) is 0 Å². The number of hydrogen-bond acceptors (Lipinski definition) is 4. The van der Waals surface area contributed by atoms with Gasteiger partial charge >= 0.3 is 0 Å². The van der Waals surface area contributed by atoms with E-state index < -0.39 is 0 Å². The molecule has 1 amide bonds. The molecule has 0 atom stereocenters. The fourth-order valence-electron chi connectivity index (χ4n) is 1.83. The van der Waals surface area contributed by atoms with E-state index >= 15 is 0 Å². The van der Waals surface area contributed by atoms with Gasteiger partial charge < -0.3 is 15.7 Å². The predicted octanol–water partition coefficient (Wildman–Crippen LogP) is 2.54. The molecule has 3 N–H and O–H groups in total. The second kappa shape index (κ2) is 6.74. The second-order valence-corrected chi connectivity index (χ2v) is 5.07. The van der Waals surface area contributed by atoms with Crippen LogP contribution in [0.5, 0.6) is 5.75 Å². The standard InChI is InChI=1S/C16H19N3O2/c1-11(2)19-16(21)12-4-3-5-13(8-12)17-9-14-6-7-15(20)10-18-14/h3-8,10-11,17,20H,9H2,1-2H3,(H,19,21). The first-order valence-corrected chi connectivity index (χ1v) is 6.83. The number of nitrogens with zero attached hydrogens (tertiary/aromatic N) is 1. The summed E-state index contributed by atoms with van der Waals surface area (Å²) in [7, 11) is 0. The fourth-order valence-corrected chi connectivity index (χ4v) is 1.83. The molecule has 0 unspecified atom stereocenters. The summed E-state index contributed by atoms with van der Waals surface area (Å²) in [4.78, 5) is 16.0. The van der Waals surface area contributed by atoms with Crippen LogP contribution in [0, 0.1) is 0 Å². The van der Waals surface area contributed by atoms with E-state index in [9.17, 15) is 9.90 Å². The number of anilines is 1. The van der Waals surface area contributed by atoms with Gasteiger partial charge in [0.25, 0.3) is 5.91 Å². The molecule has 0 fully saturated rings. The summed E-state index contributed by atoms with van der Waals surface area (Å²) >= 11 is 0. The van der Waals surface area contributed by atoms with Crippen LogP contribution in [0.3, 0.4) is 0 Å². The van der Waals surface area contributed by atoms with E-state index in [4.69, 9.17) is 0 Å². The number of aromatic hydroxyl groups is 1. The SMILES string of the molecule is CC(C)NC(=O)c1cccc(NCc2ccc(O)cn2)c1. The molecule has 1 heterocycles. The van der Waals surface area contributed by atoms with Crippen molar-refractivity contribution in [1.82, 2.24) is 10.3 Å². The minimum absolute atomic E-state index is 0.0867. The Bertz CT molecular complexity index is 609. The predicted molar refractivity (Wildman–Crippen MR) is 82.3 cm³/mol. The highest BCUT2D eigenvalue weighted by atomic mass is 16.3. The van der Waals surface area contributed by atoms with Crippen LogP contribution in [0.1, 0.15) is 29.9 Å². The molecule has 0 bridgehead atoms. The van der Waals surface area contributed by atoms with Crippen molar-refractivity contribution in [3.05, 3.63) is 53.9 Å². The summed E-state index contributed by atoms with van der Waals surface area (Å²) in [6, 6.07) is 10.8. The topological polar surface area (TPSA) is 74.2 Å². The number of nitrogens with one attached hydrogen (secondary N) is 2. The average Bonchev–Trinajstić information content (AvgIpc) is 2.46. The quantitative estimate of drug-likeness (QED) is 0.789. The van der Waals surface area contributed by atoms with Crippen LogP contribution < -0.4 is 10.6 Å². The normalized spacial score (nSPS) is 10.4. The van der Waals surface area contributed by atoms with Gasteiger partial charge in [0.1, 0.15) is 5.75 Å². The van der Waals surface area contributed by atoms with Gasteiger partial charge in [-0.3, -0.25) is 9.78 Å². The van der Waals surface area contributed by atoms with Crippen molar-refractivity contribution in [2.75, 3.05) is 5.32 Å². The van der Waals surface area contributed by atoms with Crippen LogP contribution in [0.15, 0.2) is 42.6 Å². The van der Waals surface area contributed by atoms with Gasteiger partial charge in [-0.1, -0.05) is 6.07 Å². The smallest absolute Gasteiger partial charge is 0.251 e. The highest BCUT2D eigenvalue weighted by Gasteiger charge is 2.07. The summed E-state index contributed by atoms with van der Waals surface area (Å²) in [5, 5.41) is 15.2. The van der Waals surface area contributed by atoms with Gasteiger partial charge in [0.2, 0.25) is 0 Å². The lowest BCUT2D eigenvalue weighted by atomic mass is 10.1.